The lowest BCUT2D eigenvalue weighted by Crippen LogP contribution is -2.22. The Morgan fingerprint density at radius 2 is 1.94 bits per heavy atom. The molecule has 0 atom stereocenters. The summed E-state index contributed by atoms with van der Waals surface area (Å²) in [5.74, 6) is 0. The van der Waals surface area contributed by atoms with Crippen molar-refractivity contribution in [2.45, 2.75) is 47.5 Å². The molecule has 0 aromatic carbocycles. The van der Waals surface area contributed by atoms with Gasteiger partial charge in [-0.2, -0.15) is 0 Å². The van der Waals surface area contributed by atoms with E-state index in [4.69, 9.17) is 0 Å². The lowest BCUT2D eigenvalue weighted by Gasteiger charge is -2.23. The van der Waals surface area contributed by atoms with Crippen molar-refractivity contribution in [3.05, 3.63) is 35.6 Å². The number of hydrogen-bond acceptors (Lipinski definition) is 1. The molecular weight excluding hydrogens is 194 g/mol. The van der Waals surface area contributed by atoms with Gasteiger partial charge in [-0.05, 0) is 38.8 Å². The Labute approximate surface area is 102 Å². The van der Waals surface area contributed by atoms with Crippen molar-refractivity contribution in [2.24, 2.45) is 0 Å². The van der Waals surface area contributed by atoms with Gasteiger partial charge in [0.1, 0.15) is 0 Å². The van der Waals surface area contributed by atoms with E-state index in [9.17, 15) is 0 Å². The minimum Gasteiger partial charge on any atom is -0.372 e. The zero-order valence-corrected chi connectivity index (χ0v) is 11.6. The third kappa shape index (κ3) is 5.20. The Morgan fingerprint density at radius 1 is 1.25 bits per heavy atom. The van der Waals surface area contributed by atoms with Crippen molar-refractivity contribution in [2.75, 3.05) is 13.1 Å². The van der Waals surface area contributed by atoms with Crippen LogP contribution >= 0.6 is 0 Å². The van der Waals surface area contributed by atoms with Gasteiger partial charge in [0.25, 0.3) is 0 Å². The number of likely N-dealkylation sites (N-methyl/N-ethyl adjacent to an activating group) is 1. The lowest BCUT2D eigenvalue weighted by molar-refractivity contribution is 0.373. The molecule has 0 saturated carbocycles. The molecule has 0 bridgehead atoms. The van der Waals surface area contributed by atoms with E-state index < -0.39 is 0 Å². The zero-order valence-electron chi connectivity index (χ0n) is 11.6. The molecule has 0 unspecified atom stereocenters. The number of nitrogens with zero attached hydrogens (tertiary/aromatic N) is 1. The van der Waals surface area contributed by atoms with Crippen LogP contribution in [-0.2, 0) is 0 Å². The van der Waals surface area contributed by atoms with E-state index >= 15 is 0 Å². The van der Waals surface area contributed by atoms with Crippen LogP contribution in [0.15, 0.2) is 35.6 Å². The van der Waals surface area contributed by atoms with Crippen molar-refractivity contribution in [3.8, 4) is 0 Å². The molecule has 1 aliphatic rings. The molecule has 0 aromatic heterocycles. The third-order valence-corrected chi connectivity index (χ3v) is 2.48. The maximum absolute atomic E-state index is 2.43. The van der Waals surface area contributed by atoms with E-state index in [0.29, 0.717) is 0 Å². The molecule has 1 rings (SSSR count). The van der Waals surface area contributed by atoms with E-state index in [1.54, 1.807) is 0 Å². The van der Waals surface area contributed by atoms with E-state index in [1.165, 1.54) is 17.7 Å². The molecule has 0 radical (unpaired) electrons. The molecule has 0 aromatic rings. The van der Waals surface area contributed by atoms with Gasteiger partial charge in [-0.25, -0.2) is 0 Å². The van der Waals surface area contributed by atoms with E-state index in [0.717, 1.165) is 19.5 Å². The van der Waals surface area contributed by atoms with Gasteiger partial charge >= 0.3 is 0 Å². The standard InChI is InChI=1S/C13H21N.C2H6/c1-4-10-14(5-2)13-9-7-6-8-12(3)11-13;1-2/h7-9,11H,4-6,10H2,1-3H3;1-2H3. The minimum absolute atomic E-state index is 1.06. The van der Waals surface area contributed by atoms with Gasteiger partial charge in [0.15, 0.2) is 0 Å². The van der Waals surface area contributed by atoms with Crippen LogP contribution in [0.3, 0.4) is 0 Å². The van der Waals surface area contributed by atoms with Gasteiger partial charge < -0.3 is 4.90 Å². The van der Waals surface area contributed by atoms with Crippen LogP contribution in [0.5, 0.6) is 0 Å². The summed E-state index contributed by atoms with van der Waals surface area (Å²) in [4.78, 5) is 2.43. The predicted molar refractivity (Wildman–Crippen MR) is 74.5 cm³/mol. The molecule has 0 heterocycles. The van der Waals surface area contributed by atoms with Crippen LogP contribution in [0, 0.1) is 0 Å². The van der Waals surface area contributed by atoms with Gasteiger partial charge in [0.2, 0.25) is 0 Å². The number of allylic oxidation sites excluding steroid dienone is 5. The summed E-state index contributed by atoms with van der Waals surface area (Å²) in [6.07, 6.45) is 11.3. The maximum Gasteiger partial charge on any atom is 0.0365 e. The molecule has 0 aliphatic heterocycles. The van der Waals surface area contributed by atoms with Crippen molar-refractivity contribution in [3.63, 3.8) is 0 Å². The number of rotatable bonds is 4. The molecular formula is C15H27N. The van der Waals surface area contributed by atoms with Crippen LogP contribution < -0.4 is 0 Å². The number of hydrogen-bond donors (Lipinski definition) is 0. The van der Waals surface area contributed by atoms with Crippen molar-refractivity contribution < 1.29 is 0 Å². The molecule has 92 valence electrons. The SMILES string of the molecule is CC.CCCN(CC)C1=CC(C)=CCC=C1. The average Bonchev–Trinajstić information content (AvgIpc) is 2.53. The summed E-state index contributed by atoms with van der Waals surface area (Å²) in [7, 11) is 0. The summed E-state index contributed by atoms with van der Waals surface area (Å²) in [6, 6.07) is 0. The van der Waals surface area contributed by atoms with Crippen LogP contribution in [0.2, 0.25) is 0 Å². The minimum atomic E-state index is 1.06. The van der Waals surface area contributed by atoms with E-state index in [2.05, 4.69) is 50.0 Å². The molecule has 0 amide bonds. The first-order valence-corrected chi connectivity index (χ1v) is 6.57. The summed E-state index contributed by atoms with van der Waals surface area (Å²) < 4.78 is 0. The third-order valence-electron chi connectivity index (χ3n) is 2.48. The van der Waals surface area contributed by atoms with Gasteiger partial charge in [-0.1, -0.05) is 38.5 Å². The smallest absolute Gasteiger partial charge is 0.0365 e. The molecule has 0 N–H and O–H groups in total. The zero-order chi connectivity index (χ0) is 12.4. The largest absolute Gasteiger partial charge is 0.372 e. The molecule has 1 nitrogen and oxygen atoms in total. The second-order valence-corrected chi connectivity index (χ2v) is 3.74. The second kappa shape index (κ2) is 9.26. The molecule has 0 fully saturated rings. The quantitative estimate of drug-likeness (QED) is 0.674. The Bertz CT molecular complexity index is 259. The van der Waals surface area contributed by atoms with Crippen LogP contribution in [0.4, 0.5) is 0 Å². The molecule has 0 saturated heterocycles. The van der Waals surface area contributed by atoms with E-state index in [1.807, 2.05) is 13.8 Å². The molecule has 1 aliphatic carbocycles. The summed E-state index contributed by atoms with van der Waals surface area (Å²) >= 11 is 0. The van der Waals surface area contributed by atoms with Crippen LogP contribution in [-0.4, -0.2) is 18.0 Å². The van der Waals surface area contributed by atoms with Gasteiger partial charge in [0, 0.05) is 18.8 Å². The first-order chi connectivity index (χ1) is 7.77. The Morgan fingerprint density at radius 3 is 2.50 bits per heavy atom. The average molecular weight is 221 g/mol. The molecule has 16 heavy (non-hydrogen) atoms. The highest BCUT2D eigenvalue weighted by Gasteiger charge is 2.04. The molecule has 1 heteroatoms. The lowest BCUT2D eigenvalue weighted by atomic mass is 10.2. The first-order valence-electron chi connectivity index (χ1n) is 6.57. The van der Waals surface area contributed by atoms with Gasteiger partial charge in [-0.15, -0.1) is 0 Å². The monoisotopic (exact) mass is 221 g/mol. The fourth-order valence-electron chi connectivity index (χ4n) is 1.72. The normalized spacial score (nSPS) is 14.3. The Kier molecular flexibility index (Phi) is 8.69. The summed E-state index contributed by atoms with van der Waals surface area (Å²) in [5.41, 5.74) is 2.74. The van der Waals surface area contributed by atoms with Crippen LogP contribution in [0.1, 0.15) is 47.5 Å². The maximum atomic E-state index is 2.43. The predicted octanol–water partition coefficient (Wildman–Crippen LogP) is 4.53. The highest BCUT2D eigenvalue weighted by molar-refractivity contribution is 5.31. The van der Waals surface area contributed by atoms with Gasteiger partial charge in [0.05, 0.1) is 0 Å². The fraction of sp³-hybridized carbons (Fsp3) is 0.600. The first kappa shape index (κ1) is 15.0. The fourth-order valence-corrected chi connectivity index (χ4v) is 1.72. The second-order valence-electron chi connectivity index (χ2n) is 3.74. The van der Waals surface area contributed by atoms with Crippen LogP contribution in [0.25, 0.3) is 0 Å². The highest BCUT2D eigenvalue weighted by atomic mass is 15.1. The van der Waals surface area contributed by atoms with Gasteiger partial charge in [-0.3, -0.25) is 0 Å². The van der Waals surface area contributed by atoms with Crippen molar-refractivity contribution in [1.82, 2.24) is 4.90 Å². The highest BCUT2D eigenvalue weighted by Crippen LogP contribution is 2.14. The van der Waals surface area contributed by atoms with E-state index in [-0.39, 0.29) is 0 Å². The molecule has 0 spiro atoms. The topological polar surface area (TPSA) is 3.24 Å². The Hall–Kier alpha value is -0.980. The summed E-state index contributed by atoms with van der Waals surface area (Å²) in [5, 5.41) is 0. The Balaban J connectivity index is 0.00000106. The van der Waals surface area contributed by atoms with Crippen molar-refractivity contribution >= 4 is 0 Å². The summed E-state index contributed by atoms with van der Waals surface area (Å²) in [6.45, 7) is 12.9. The van der Waals surface area contributed by atoms with Crippen molar-refractivity contribution in [1.29, 1.82) is 0 Å².